The normalized spacial score (nSPS) is 20.1. The van der Waals surface area contributed by atoms with E-state index < -0.39 is 10.0 Å². The van der Waals surface area contributed by atoms with E-state index in [-0.39, 0.29) is 16.8 Å². The van der Waals surface area contributed by atoms with Gasteiger partial charge in [0.1, 0.15) is 12.1 Å². The van der Waals surface area contributed by atoms with Crippen LogP contribution in [0.5, 0.6) is 0 Å². The van der Waals surface area contributed by atoms with Crippen molar-refractivity contribution in [2.24, 2.45) is 7.05 Å². The van der Waals surface area contributed by atoms with Crippen molar-refractivity contribution >= 4 is 32.8 Å². The topological polar surface area (TPSA) is 105 Å². The summed E-state index contributed by atoms with van der Waals surface area (Å²) in [6.45, 7) is 4.75. The number of sulfonamides is 1. The molecule has 2 aliphatic heterocycles. The van der Waals surface area contributed by atoms with Crippen LogP contribution in [0.2, 0.25) is 0 Å². The van der Waals surface area contributed by atoms with Crippen LogP contribution in [0.4, 0.5) is 5.82 Å². The summed E-state index contributed by atoms with van der Waals surface area (Å²) in [6, 6.07) is 6.43. The maximum absolute atomic E-state index is 13.2. The first-order valence-electron chi connectivity index (χ1n) is 11.6. The molecule has 1 amide bonds. The van der Waals surface area contributed by atoms with Crippen molar-refractivity contribution in [3.05, 3.63) is 42.4 Å². The van der Waals surface area contributed by atoms with Crippen LogP contribution >= 0.6 is 0 Å². The Labute approximate surface area is 199 Å². The number of nitrogens with zero attached hydrogens (tertiary/aromatic N) is 7. The fraction of sp³-hybridized carbons (Fsp3) is 0.478. The second-order valence-corrected chi connectivity index (χ2v) is 10.9. The minimum atomic E-state index is -3.63. The van der Waals surface area contributed by atoms with Crippen LogP contribution in [0.3, 0.4) is 0 Å². The lowest BCUT2D eigenvalue weighted by molar-refractivity contribution is 0.0746. The summed E-state index contributed by atoms with van der Waals surface area (Å²) in [5.41, 5.74) is 1.17. The number of hydrogen-bond donors (Lipinski definition) is 0. The fourth-order valence-corrected chi connectivity index (χ4v) is 6.61. The molecule has 1 atom stereocenters. The summed E-state index contributed by atoms with van der Waals surface area (Å²) >= 11 is 0. The van der Waals surface area contributed by atoms with E-state index in [1.54, 1.807) is 38.3 Å². The lowest BCUT2D eigenvalue weighted by Gasteiger charge is -2.35. The van der Waals surface area contributed by atoms with Crippen molar-refractivity contribution in [3.8, 4) is 0 Å². The highest BCUT2D eigenvalue weighted by Gasteiger charge is 2.32. The summed E-state index contributed by atoms with van der Waals surface area (Å²) < 4.78 is 29.7. The largest absolute Gasteiger partial charge is 0.352 e. The van der Waals surface area contributed by atoms with Crippen molar-refractivity contribution in [2.45, 2.75) is 37.1 Å². The van der Waals surface area contributed by atoms with Crippen LogP contribution < -0.4 is 4.90 Å². The highest BCUT2D eigenvalue weighted by molar-refractivity contribution is 7.89. The van der Waals surface area contributed by atoms with Gasteiger partial charge in [-0.3, -0.25) is 9.48 Å². The van der Waals surface area contributed by atoms with Gasteiger partial charge in [0.15, 0.2) is 5.65 Å². The third kappa shape index (κ3) is 4.03. The molecule has 0 saturated carbocycles. The number of fused-ring (bicyclic) bond motifs is 1. The van der Waals surface area contributed by atoms with Crippen molar-refractivity contribution < 1.29 is 13.2 Å². The Morgan fingerprint density at radius 2 is 1.85 bits per heavy atom. The van der Waals surface area contributed by atoms with Crippen molar-refractivity contribution in [2.75, 3.05) is 37.6 Å². The number of anilines is 1. The van der Waals surface area contributed by atoms with Crippen molar-refractivity contribution in [3.63, 3.8) is 0 Å². The van der Waals surface area contributed by atoms with Gasteiger partial charge in [0, 0.05) is 51.4 Å². The van der Waals surface area contributed by atoms with Crippen LogP contribution in [0, 0.1) is 0 Å². The zero-order valence-electron chi connectivity index (χ0n) is 19.5. The van der Waals surface area contributed by atoms with E-state index in [9.17, 15) is 13.2 Å². The third-order valence-corrected chi connectivity index (χ3v) is 8.81. The molecule has 0 radical (unpaired) electrons. The number of carbonyl (C=O) groups excluding carboxylic acids is 1. The molecule has 2 aliphatic rings. The highest BCUT2D eigenvalue weighted by Crippen LogP contribution is 2.27. The van der Waals surface area contributed by atoms with Gasteiger partial charge in [0.2, 0.25) is 10.0 Å². The number of carbonyl (C=O) groups is 1. The number of amides is 1. The smallest absolute Gasteiger partial charge is 0.254 e. The first-order chi connectivity index (χ1) is 16.4. The molecule has 3 aromatic rings. The number of hydrogen-bond acceptors (Lipinski definition) is 7. The molecule has 2 saturated heterocycles. The summed E-state index contributed by atoms with van der Waals surface area (Å²) in [6.07, 6.45) is 6.06. The fourth-order valence-electron chi connectivity index (χ4n) is 4.86. The Kier molecular flexibility index (Phi) is 5.98. The number of aryl methyl sites for hydroxylation is 1. The number of rotatable bonds is 4. The molecular weight excluding hydrogens is 454 g/mol. The molecule has 34 heavy (non-hydrogen) atoms. The predicted molar refractivity (Wildman–Crippen MR) is 128 cm³/mol. The third-order valence-electron chi connectivity index (χ3n) is 6.80. The van der Waals surface area contributed by atoms with E-state index in [0.717, 1.165) is 36.1 Å². The van der Waals surface area contributed by atoms with E-state index in [2.05, 4.69) is 20.0 Å². The molecule has 4 heterocycles. The lowest BCUT2D eigenvalue weighted by atomic mass is 10.1. The molecule has 1 aromatic carbocycles. The minimum absolute atomic E-state index is 0.0285. The van der Waals surface area contributed by atoms with Gasteiger partial charge in [-0.05, 0) is 38.0 Å². The summed E-state index contributed by atoms with van der Waals surface area (Å²) in [5.74, 6) is 0.659. The summed E-state index contributed by atoms with van der Waals surface area (Å²) in [7, 11) is -1.79. The van der Waals surface area contributed by atoms with E-state index in [1.165, 1.54) is 12.4 Å². The Hall–Kier alpha value is -3.05. The number of benzene rings is 1. The molecule has 10 nitrogen and oxygen atoms in total. The molecule has 0 aliphatic carbocycles. The standard InChI is InChI=1S/C23H29N7O3S/c1-17-6-3-4-9-30(17)34(32,33)19-8-5-7-18(14-19)23(31)29-12-10-28(11-13-29)22-20-15-26-27(2)21(20)24-16-25-22/h5,7-8,14-17H,3-4,6,9-13H2,1-2H3. The molecule has 0 bridgehead atoms. The van der Waals surface area contributed by atoms with Crippen LogP contribution in [0.1, 0.15) is 36.5 Å². The second-order valence-electron chi connectivity index (χ2n) is 8.97. The number of aromatic nitrogens is 4. The van der Waals surface area contributed by atoms with Crippen LogP contribution in [0.15, 0.2) is 41.7 Å². The Bertz CT molecular complexity index is 1320. The Morgan fingerprint density at radius 3 is 2.62 bits per heavy atom. The SMILES string of the molecule is CC1CCCCN1S(=O)(=O)c1cccc(C(=O)N2CCN(c3ncnc4c3cnn4C)CC2)c1. The first-order valence-corrected chi connectivity index (χ1v) is 13.1. The monoisotopic (exact) mass is 483 g/mol. The minimum Gasteiger partial charge on any atom is -0.352 e. The molecule has 2 aromatic heterocycles. The average Bonchev–Trinajstić information content (AvgIpc) is 3.25. The quantitative estimate of drug-likeness (QED) is 0.558. The van der Waals surface area contributed by atoms with Crippen molar-refractivity contribution in [1.29, 1.82) is 0 Å². The van der Waals surface area contributed by atoms with Gasteiger partial charge in [-0.15, -0.1) is 0 Å². The van der Waals surface area contributed by atoms with Gasteiger partial charge in [0.05, 0.1) is 16.5 Å². The summed E-state index contributed by atoms with van der Waals surface area (Å²) in [5, 5.41) is 5.15. The molecule has 2 fully saturated rings. The summed E-state index contributed by atoms with van der Waals surface area (Å²) in [4.78, 5) is 26.1. The zero-order valence-corrected chi connectivity index (χ0v) is 20.3. The highest BCUT2D eigenvalue weighted by atomic mass is 32.2. The molecule has 11 heteroatoms. The molecule has 0 spiro atoms. The van der Waals surface area contributed by atoms with Gasteiger partial charge < -0.3 is 9.80 Å². The van der Waals surface area contributed by atoms with Crippen molar-refractivity contribution in [1.82, 2.24) is 29.0 Å². The first kappa shape index (κ1) is 22.7. The number of piperazine rings is 1. The van der Waals surface area contributed by atoms with E-state index in [0.29, 0.717) is 38.3 Å². The Balaban J connectivity index is 1.30. The van der Waals surface area contributed by atoms with Gasteiger partial charge in [-0.25, -0.2) is 18.4 Å². The molecule has 1 unspecified atom stereocenters. The number of piperidine rings is 1. The van der Waals surface area contributed by atoms with E-state index in [4.69, 9.17) is 0 Å². The van der Waals surface area contributed by atoms with Gasteiger partial charge in [-0.2, -0.15) is 9.40 Å². The maximum atomic E-state index is 13.2. The van der Waals surface area contributed by atoms with E-state index >= 15 is 0 Å². The molecule has 0 N–H and O–H groups in total. The van der Waals surface area contributed by atoms with E-state index in [1.807, 2.05) is 14.0 Å². The van der Waals surface area contributed by atoms with Gasteiger partial charge >= 0.3 is 0 Å². The van der Waals surface area contributed by atoms with Gasteiger partial charge in [-0.1, -0.05) is 12.5 Å². The van der Waals surface area contributed by atoms with Gasteiger partial charge in [0.25, 0.3) is 5.91 Å². The zero-order chi connectivity index (χ0) is 23.9. The Morgan fingerprint density at radius 1 is 1.06 bits per heavy atom. The maximum Gasteiger partial charge on any atom is 0.254 e. The molecule has 180 valence electrons. The lowest BCUT2D eigenvalue weighted by Crippen LogP contribution is -2.49. The molecule has 5 rings (SSSR count). The molecular formula is C23H29N7O3S. The predicted octanol–water partition coefficient (Wildman–Crippen LogP) is 1.89. The second kappa shape index (κ2) is 8.95. The van der Waals surface area contributed by atoms with Crippen LogP contribution in [-0.4, -0.2) is 82.0 Å². The van der Waals surface area contributed by atoms with Crippen LogP contribution in [-0.2, 0) is 17.1 Å². The average molecular weight is 484 g/mol. The van der Waals surface area contributed by atoms with Crippen LogP contribution in [0.25, 0.3) is 11.0 Å².